The van der Waals surface area contributed by atoms with E-state index in [0.29, 0.717) is 12.3 Å². The van der Waals surface area contributed by atoms with Crippen molar-refractivity contribution in [2.75, 3.05) is 24.8 Å². The molecule has 0 atom stereocenters. The molecule has 0 aromatic heterocycles. The van der Waals surface area contributed by atoms with Crippen molar-refractivity contribution < 1.29 is 14.3 Å². The second-order valence-electron chi connectivity index (χ2n) is 4.25. The van der Waals surface area contributed by atoms with Gasteiger partial charge in [0.25, 0.3) is 0 Å². The number of fused-ring (bicyclic) bond motifs is 1. The van der Waals surface area contributed by atoms with Crippen molar-refractivity contribution >= 4 is 33.8 Å². The SMILES string of the molecule is O=C(CSC1=NCCS1)NCc1ccc2c(c1)OCO2. The number of hydrogen-bond acceptors (Lipinski definition) is 6. The van der Waals surface area contributed by atoms with Crippen LogP contribution in [-0.4, -0.2) is 35.1 Å². The van der Waals surface area contributed by atoms with Gasteiger partial charge in [0, 0.05) is 12.3 Å². The van der Waals surface area contributed by atoms with Crippen molar-refractivity contribution in [2.24, 2.45) is 4.99 Å². The second-order valence-corrected chi connectivity index (χ2v) is 6.56. The number of carbonyl (C=O) groups is 1. The summed E-state index contributed by atoms with van der Waals surface area (Å²) in [6.45, 7) is 1.63. The Bertz CT molecular complexity index is 548. The number of nitrogens with one attached hydrogen (secondary N) is 1. The molecule has 5 nitrogen and oxygen atoms in total. The molecule has 0 saturated carbocycles. The van der Waals surface area contributed by atoms with Gasteiger partial charge < -0.3 is 14.8 Å². The quantitative estimate of drug-likeness (QED) is 0.920. The van der Waals surface area contributed by atoms with Crippen LogP contribution in [0.1, 0.15) is 5.56 Å². The lowest BCUT2D eigenvalue weighted by molar-refractivity contribution is -0.118. The lowest BCUT2D eigenvalue weighted by Gasteiger charge is -2.06. The van der Waals surface area contributed by atoms with Crippen LogP contribution in [0.25, 0.3) is 0 Å². The Morgan fingerprint density at radius 3 is 3.15 bits per heavy atom. The number of amides is 1. The Kier molecular flexibility index (Phi) is 4.37. The smallest absolute Gasteiger partial charge is 0.231 e. The highest BCUT2D eigenvalue weighted by Gasteiger charge is 2.14. The molecule has 2 aliphatic rings. The topological polar surface area (TPSA) is 59.9 Å². The molecule has 2 heterocycles. The van der Waals surface area contributed by atoms with E-state index in [1.807, 2.05) is 18.2 Å². The summed E-state index contributed by atoms with van der Waals surface area (Å²) < 4.78 is 11.6. The highest BCUT2D eigenvalue weighted by Crippen LogP contribution is 2.32. The number of hydrogen-bond donors (Lipinski definition) is 1. The van der Waals surface area contributed by atoms with E-state index in [4.69, 9.17) is 9.47 Å². The summed E-state index contributed by atoms with van der Waals surface area (Å²) in [5, 5.41) is 2.89. The van der Waals surface area contributed by atoms with E-state index in [1.165, 1.54) is 11.8 Å². The standard InChI is InChI=1S/C13H14N2O3S2/c16-12(7-20-13-14-3-4-19-13)15-6-9-1-2-10-11(5-9)18-8-17-10/h1-2,5H,3-4,6-8H2,(H,15,16). The van der Waals surface area contributed by atoms with Gasteiger partial charge >= 0.3 is 0 Å². The lowest BCUT2D eigenvalue weighted by Crippen LogP contribution is -2.24. The predicted molar refractivity (Wildman–Crippen MR) is 81.6 cm³/mol. The van der Waals surface area contributed by atoms with Gasteiger partial charge in [-0.05, 0) is 17.7 Å². The van der Waals surface area contributed by atoms with Gasteiger partial charge in [-0.1, -0.05) is 29.6 Å². The highest BCUT2D eigenvalue weighted by molar-refractivity contribution is 8.39. The van der Waals surface area contributed by atoms with Gasteiger partial charge in [0.2, 0.25) is 12.7 Å². The minimum atomic E-state index is 0.0165. The van der Waals surface area contributed by atoms with Gasteiger partial charge in [-0.2, -0.15) is 0 Å². The third-order valence-electron chi connectivity index (χ3n) is 2.81. The molecule has 20 heavy (non-hydrogen) atoms. The molecule has 106 valence electrons. The summed E-state index contributed by atoms with van der Waals surface area (Å²) in [6, 6.07) is 5.69. The van der Waals surface area contributed by atoms with Crippen molar-refractivity contribution in [3.05, 3.63) is 23.8 Å². The Balaban J connectivity index is 1.45. The fourth-order valence-corrected chi connectivity index (χ4v) is 3.67. The van der Waals surface area contributed by atoms with Crippen LogP contribution in [0, 0.1) is 0 Å². The summed E-state index contributed by atoms with van der Waals surface area (Å²) in [5.74, 6) is 2.95. The number of ether oxygens (including phenoxy) is 2. The fraction of sp³-hybridized carbons (Fsp3) is 0.385. The number of rotatable bonds is 4. The molecule has 0 saturated heterocycles. The third-order valence-corrected chi connectivity index (χ3v) is 5.06. The minimum absolute atomic E-state index is 0.0165. The van der Waals surface area contributed by atoms with E-state index in [0.717, 1.165) is 33.7 Å². The molecule has 0 radical (unpaired) electrons. The van der Waals surface area contributed by atoms with Gasteiger partial charge in [0.1, 0.15) is 4.38 Å². The Labute approximate surface area is 125 Å². The van der Waals surface area contributed by atoms with Crippen LogP contribution in [0.15, 0.2) is 23.2 Å². The Morgan fingerprint density at radius 1 is 1.40 bits per heavy atom. The number of carbonyl (C=O) groups excluding carboxylic acids is 1. The van der Waals surface area contributed by atoms with Crippen molar-refractivity contribution in [1.82, 2.24) is 5.32 Å². The van der Waals surface area contributed by atoms with Gasteiger partial charge in [-0.3, -0.25) is 9.79 Å². The largest absolute Gasteiger partial charge is 0.454 e. The maximum atomic E-state index is 11.8. The summed E-state index contributed by atoms with van der Waals surface area (Å²) in [7, 11) is 0. The van der Waals surface area contributed by atoms with E-state index in [-0.39, 0.29) is 12.7 Å². The molecule has 0 fully saturated rings. The maximum absolute atomic E-state index is 11.8. The molecular weight excluding hydrogens is 296 g/mol. The van der Waals surface area contributed by atoms with E-state index < -0.39 is 0 Å². The summed E-state index contributed by atoms with van der Waals surface area (Å²) in [4.78, 5) is 16.1. The summed E-state index contributed by atoms with van der Waals surface area (Å²) in [6.07, 6.45) is 0. The van der Waals surface area contributed by atoms with Crippen LogP contribution < -0.4 is 14.8 Å². The van der Waals surface area contributed by atoms with Crippen LogP contribution in [0.2, 0.25) is 0 Å². The lowest BCUT2D eigenvalue weighted by atomic mass is 10.2. The van der Waals surface area contributed by atoms with Crippen LogP contribution in [0.3, 0.4) is 0 Å². The average Bonchev–Trinajstić information content (AvgIpc) is 3.13. The molecule has 2 aliphatic heterocycles. The molecule has 0 aliphatic carbocycles. The summed E-state index contributed by atoms with van der Waals surface area (Å²) >= 11 is 3.22. The van der Waals surface area contributed by atoms with Gasteiger partial charge in [-0.25, -0.2) is 0 Å². The number of benzene rings is 1. The normalized spacial score (nSPS) is 16.1. The molecular formula is C13H14N2O3S2. The van der Waals surface area contributed by atoms with E-state index >= 15 is 0 Å². The number of aliphatic imine (C=N–C) groups is 1. The molecule has 1 amide bonds. The first-order valence-electron chi connectivity index (χ1n) is 6.26. The van der Waals surface area contributed by atoms with Gasteiger partial charge in [0.05, 0.1) is 12.3 Å². The van der Waals surface area contributed by atoms with Crippen LogP contribution in [0.4, 0.5) is 0 Å². The first-order chi connectivity index (χ1) is 9.81. The zero-order valence-corrected chi connectivity index (χ0v) is 12.4. The molecule has 0 unspecified atom stereocenters. The number of nitrogens with zero attached hydrogens (tertiary/aromatic N) is 1. The van der Waals surface area contributed by atoms with Crippen molar-refractivity contribution in [3.63, 3.8) is 0 Å². The Morgan fingerprint density at radius 2 is 2.30 bits per heavy atom. The highest BCUT2D eigenvalue weighted by atomic mass is 32.2. The summed E-state index contributed by atoms with van der Waals surface area (Å²) in [5.41, 5.74) is 1.00. The molecule has 0 spiro atoms. The average molecular weight is 310 g/mol. The second kappa shape index (κ2) is 6.41. The monoisotopic (exact) mass is 310 g/mol. The molecule has 3 rings (SSSR count). The molecule has 0 bridgehead atoms. The number of thioether (sulfide) groups is 2. The molecule has 1 N–H and O–H groups in total. The van der Waals surface area contributed by atoms with Crippen molar-refractivity contribution in [1.29, 1.82) is 0 Å². The molecule has 1 aromatic carbocycles. The zero-order valence-electron chi connectivity index (χ0n) is 10.8. The molecule has 7 heteroatoms. The minimum Gasteiger partial charge on any atom is -0.454 e. The van der Waals surface area contributed by atoms with E-state index in [9.17, 15) is 4.79 Å². The van der Waals surface area contributed by atoms with E-state index in [1.54, 1.807) is 11.8 Å². The van der Waals surface area contributed by atoms with Crippen molar-refractivity contribution in [2.45, 2.75) is 6.54 Å². The molecule has 1 aromatic rings. The van der Waals surface area contributed by atoms with Gasteiger partial charge in [0.15, 0.2) is 11.5 Å². The fourth-order valence-electron chi connectivity index (χ4n) is 1.83. The maximum Gasteiger partial charge on any atom is 0.231 e. The first-order valence-corrected chi connectivity index (χ1v) is 8.24. The predicted octanol–water partition coefficient (Wildman–Crippen LogP) is 1.87. The van der Waals surface area contributed by atoms with Crippen LogP contribution >= 0.6 is 23.5 Å². The third kappa shape index (κ3) is 3.40. The van der Waals surface area contributed by atoms with Crippen LogP contribution in [0.5, 0.6) is 11.5 Å². The van der Waals surface area contributed by atoms with Gasteiger partial charge in [-0.15, -0.1) is 0 Å². The Hall–Kier alpha value is -1.34. The van der Waals surface area contributed by atoms with Crippen molar-refractivity contribution in [3.8, 4) is 11.5 Å². The first kappa shape index (κ1) is 13.6. The van der Waals surface area contributed by atoms with Crippen LogP contribution in [-0.2, 0) is 11.3 Å². The van der Waals surface area contributed by atoms with E-state index in [2.05, 4.69) is 10.3 Å². The zero-order chi connectivity index (χ0) is 13.8.